The Morgan fingerprint density at radius 3 is 2.82 bits per heavy atom. The number of nitrogens with zero attached hydrogens (tertiary/aromatic N) is 3. The standard InChI is InChI=1S/C21H19FN4O2/c22-16-6-3-7-17-19(16)20(24-23-17)26-12-15(10-18(26)27)21(28)25-9-8-13-4-1-2-5-14(13)11-25/h1-7,15H,8-12H2,(H,23,24). The summed E-state index contributed by atoms with van der Waals surface area (Å²) in [6, 6.07) is 12.8. The molecular weight excluding hydrogens is 359 g/mol. The van der Waals surface area contributed by atoms with Crippen LogP contribution >= 0.6 is 0 Å². The van der Waals surface area contributed by atoms with Gasteiger partial charge < -0.3 is 4.90 Å². The zero-order valence-corrected chi connectivity index (χ0v) is 15.2. The first-order chi connectivity index (χ1) is 13.6. The summed E-state index contributed by atoms with van der Waals surface area (Å²) in [7, 11) is 0. The van der Waals surface area contributed by atoms with E-state index in [0.717, 1.165) is 12.0 Å². The Kier molecular flexibility index (Phi) is 3.89. The van der Waals surface area contributed by atoms with Gasteiger partial charge in [0.2, 0.25) is 11.8 Å². The molecule has 3 aromatic rings. The lowest BCUT2D eigenvalue weighted by Crippen LogP contribution is -2.40. The van der Waals surface area contributed by atoms with E-state index < -0.39 is 11.7 Å². The quantitative estimate of drug-likeness (QED) is 0.745. The summed E-state index contributed by atoms with van der Waals surface area (Å²) in [4.78, 5) is 28.9. The Bertz CT molecular complexity index is 1090. The number of hydrogen-bond donors (Lipinski definition) is 1. The highest BCUT2D eigenvalue weighted by Crippen LogP contribution is 2.32. The molecule has 0 saturated carbocycles. The van der Waals surface area contributed by atoms with Crippen molar-refractivity contribution < 1.29 is 14.0 Å². The third kappa shape index (κ3) is 2.66. The van der Waals surface area contributed by atoms with Crippen molar-refractivity contribution in [3.05, 3.63) is 59.4 Å². The fourth-order valence-corrected chi connectivity index (χ4v) is 4.23. The Morgan fingerprint density at radius 2 is 1.96 bits per heavy atom. The molecule has 3 heterocycles. The van der Waals surface area contributed by atoms with Crippen molar-refractivity contribution in [3.8, 4) is 0 Å². The average Bonchev–Trinajstić information content (AvgIpc) is 3.31. The summed E-state index contributed by atoms with van der Waals surface area (Å²) < 4.78 is 14.3. The second-order valence-corrected chi connectivity index (χ2v) is 7.39. The summed E-state index contributed by atoms with van der Waals surface area (Å²) in [6.45, 7) is 1.45. The number of halogens is 1. The number of benzene rings is 2. The van der Waals surface area contributed by atoms with E-state index in [1.165, 1.54) is 16.5 Å². The van der Waals surface area contributed by atoms with Crippen molar-refractivity contribution in [2.24, 2.45) is 5.92 Å². The Balaban J connectivity index is 1.37. The normalized spacial score (nSPS) is 19.3. The van der Waals surface area contributed by atoms with E-state index in [9.17, 15) is 14.0 Å². The van der Waals surface area contributed by atoms with Crippen molar-refractivity contribution in [2.75, 3.05) is 18.0 Å². The molecule has 1 N–H and O–H groups in total. The number of carbonyl (C=O) groups excluding carboxylic acids is 2. The summed E-state index contributed by atoms with van der Waals surface area (Å²) in [6.07, 6.45) is 0.946. The van der Waals surface area contributed by atoms with Gasteiger partial charge in [-0.05, 0) is 29.7 Å². The predicted molar refractivity (Wildman–Crippen MR) is 102 cm³/mol. The van der Waals surface area contributed by atoms with Crippen LogP contribution in [0.5, 0.6) is 0 Å². The van der Waals surface area contributed by atoms with Crippen molar-refractivity contribution in [3.63, 3.8) is 0 Å². The number of H-pyrrole nitrogens is 1. The average molecular weight is 378 g/mol. The van der Waals surface area contributed by atoms with Crippen LogP contribution in [0.3, 0.4) is 0 Å². The molecule has 1 atom stereocenters. The van der Waals surface area contributed by atoms with Crippen LogP contribution in [0, 0.1) is 11.7 Å². The number of anilines is 1. The lowest BCUT2D eigenvalue weighted by molar-refractivity contribution is -0.136. The number of rotatable bonds is 2. The molecule has 1 unspecified atom stereocenters. The maximum absolute atomic E-state index is 14.3. The van der Waals surface area contributed by atoms with E-state index in [2.05, 4.69) is 16.3 Å². The fraction of sp³-hybridized carbons (Fsp3) is 0.286. The lowest BCUT2D eigenvalue weighted by atomic mass is 9.98. The fourth-order valence-electron chi connectivity index (χ4n) is 4.23. The molecule has 6 nitrogen and oxygen atoms in total. The lowest BCUT2D eigenvalue weighted by Gasteiger charge is -2.30. The molecule has 2 aromatic carbocycles. The van der Waals surface area contributed by atoms with E-state index >= 15 is 0 Å². The number of hydrogen-bond acceptors (Lipinski definition) is 3. The van der Waals surface area contributed by atoms with Crippen LogP contribution in [0.4, 0.5) is 10.2 Å². The molecule has 2 amide bonds. The van der Waals surface area contributed by atoms with Crippen molar-refractivity contribution >= 4 is 28.5 Å². The first kappa shape index (κ1) is 16.9. The van der Waals surface area contributed by atoms with Gasteiger partial charge in [-0.2, -0.15) is 5.10 Å². The summed E-state index contributed by atoms with van der Waals surface area (Å²) in [5.74, 6) is -0.830. The number of aromatic nitrogens is 2. The van der Waals surface area contributed by atoms with Gasteiger partial charge in [0.05, 0.1) is 16.8 Å². The number of aromatic amines is 1. The third-order valence-electron chi connectivity index (χ3n) is 5.69. The van der Waals surface area contributed by atoms with E-state index in [1.807, 2.05) is 23.1 Å². The van der Waals surface area contributed by atoms with Gasteiger partial charge in [0, 0.05) is 26.1 Å². The largest absolute Gasteiger partial charge is 0.338 e. The minimum absolute atomic E-state index is 0.0225. The Morgan fingerprint density at radius 1 is 1.14 bits per heavy atom. The van der Waals surface area contributed by atoms with Gasteiger partial charge in [-0.15, -0.1) is 0 Å². The van der Waals surface area contributed by atoms with Crippen molar-refractivity contribution in [1.29, 1.82) is 0 Å². The molecule has 28 heavy (non-hydrogen) atoms. The zero-order valence-electron chi connectivity index (χ0n) is 15.2. The molecule has 1 aromatic heterocycles. The van der Waals surface area contributed by atoms with Crippen LogP contribution in [-0.4, -0.2) is 40.0 Å². The SMILES string of the molecule is O=C(C1CC(=O)N(c2n[nH]c3cccc(F)c23)C1)N1CCc2ccccc2C1. The number of nitrogens with one attached hydrogen (secondary N) is 1. The topological polar surface area (TPSA) is 69.3 Å². The molecular formula is C21H19FN4O2. The molecule has 2 aliphatic rings. The van der Waals surface area contributed by atoms with Crippen LogP contribution < -0.4 is 4.90 Å². The van der Waals surface area contributed by atoms with Gasteiger partial charge in [0.15, 0.2) is 5.82 Å². The first-order valence-electron chi connectivity index (χ1n) is 9.40. The molecule has 0 radical (unpaired) electrons. The molecule has 5 rings (SSSR count). The van der Waals surface area contributed by atoms with Gasteiger partial charge in [0.25, 0.3) is 0 Å². The predicted octanol–water partition coefficient (Wildman–Crippen LogP) is 2.64. The molecule has 0 spiro atoms. The van der Waals surface area contributed by atoms with E-state index in [4.69, 9.17) is 0 Å². The van der Waals surface area contributed by atoms with E-state index in [1.54, 1.807) is 12.1 Å². The molecule has 142 valence electrons. The maximum Gasteiger partial charge on any atom is 0.229 e. The first-order valence-corrected chi connectivity index (χ1v) is 9.40. The maximum atomic E-state index is 14.3. The van der Waals surface area contributed by atoms with Crippen LogP contribution in [0.2, 0.25) is 0 Å². The molecule has 0 aliphatic carbocycles. The summed E-state index contributed by atoms with van der Waals surface area (Å²) in [5.41, 5.74) is 2.96. The van der Waals surface area contributed by atoms with Crippen molar-refractivity contribution in [2.45, 2.75) is 19.4 Å². The minimum Gasteiger partial charge on any atom is -0.338 e. The second kappa shape index (κ2) is 6.44. The summed E-state index contributed by atoms with van der Waals surface area (Å²) >= 11 is 0. The van der Waals surface area contributed by atoms with Gasteiger partial charge in [-0.1, -0.05) is 30.3 Å². The van der Waals surface area contributed by atoms with Gasteiger partial charge in [-0.3, -0.25) is 19.6 Å². The molecule has 7 heteroatoms. The van der Waals surface area contributed by atoms with Crippen molar-refractivity contribution in [1.82, 2.24) is 15.1 Å². The highest BCUT2D eigenvalue weighted by Gasteiger charge is 2.39. The number of carbonyl (C=O) groups is 2. The van der Waals surface area contributed by atoms with Gasteiger partial charge in [-0.25, -0.2) is 4.39 Å². The molecule has 0 bridgehead atoms. The highest BCUT2D eigenvalue weighted by molar-refractivity contribution is 6.05. The van der Waals surface area contributed by atoms with Gasteiger partial charge in [0.1, 0.15) is 5.82 Å². The Hall–Kier alpha value is -3.22. The van der Waals surface area contributed by atoms with Crippen LogP contribution in [-0.2, 0) is 22.6 Å². The van der Waals surface area contributed by atoms with Crippen LogP contribution in [0.25, 0.3) is 10.9 Å². The van der Waals surface area contributed by atoms with E-state index in [-0.39, 0.29) is 36.0 Å². The van der Waals surface area contributed by atoms with E-state index in [0.29, 0.717) is 18.6 Å². The molecule has 1 fully saturated rings. The third-order valence-corrected chi connectivity index (χ3v) is 5.69. The summed E-state index contributed by atoms with van der Waals surface area (Å²) in [5, 5.41) is 7.19. The molecule has 1 saturated heterocycles. The zero-order chi connectivity index (χ0) is 19.3. The van der Waals surface area contributed by atoms with Crippen LogP contribution in [0.15, 0.2) is 42.5 Å². The molecule has 2 aliphatic heterocycles. The Labute approximate surface area is 160 Å². The monoisotopic (exact) mass is 378 g/mol. The second-order valence-electron chi connectivity index (χ2n) is 7.39. The number of fused-ring (bicyclic) bond motifs is 2. The number of amides is 2. The minimum atomic E-state index is -0.434. The smallest absolute Gasteiger partial charge is 0.229 e. The van der Waals surface area contributed by atoms with Gasteiger partial charge >= 0.3 is 0 Å². The highest BCUT2D eigenvalue weighted by atomic mass is 19.1. The van der Waals surface area contributed by atoms with Crippen LogP contribution in [0.1, 0.15) is 17.5 Å².